The van der Waals surface area contributed by atoms with Crippen LogP contribution in [0.5, 0.6) is 0 Å². The molecule has 0 radical (unpaired) electrons. The third-order valence-electron chi connectivity index (χ3n) is 4.49. The zero-order valence-corrected chi connectivity index (χ0v) is 17.5. The van der Waals surface area contributed by atoms with Crippen LogP contribution in [0.2, 0.25) is 0 Å². The van der Waals surface area contributed by atoms with Crippen molar-refractivity contribution < 1.29 is 13.2 Å². The van der Waals surface area contributed by atoms with Crippen LogP contribution in [0.1, 0.15) is 29.7 Å². The van der Waals surface area contributed by atoms with E-state index in [1.807, 2.05) is 19.1 Å². The van der Waals surface area contributed by atoms with E-state index in [-0.39, 0.29) is 10.8 Å². The summed E-state index contributed by atoms with van der Waals surface area (Å²) in [5.74, 6) is -0.255. The molecule has 2 aromatic carbocycles. The summed E-state index contributed by atoms with van der Waals surface area (Å²) in [4.78, 5) is 16.4. The molecule has 1 heterocycles. The molecule has 8 nitrogen and oxygen atoms in total. The van der Waals surface area contributed by atoms with Crippen LogP contribution >= 0.6 is 0 Å². The molecule has 1 atom stereocenters. The van der Waals surface area contributed by atoms with Crippen molar-refractivity contribution in [3.63, 3.8) is 0 Å². The Morgan fingerprint density at radius 3 is 2.17 bits per heavy atom. The van der Waals surface area contributed by atoms with E-state index in [9.17, 15) is 13.2 Å². The van der Waals surface area contributed by atoms with Crippen molar-refractivity contribution in [1.29, 1.82) is 0 Å². The van der Waals surface area contributed by atoms with Crippen LogP contribution in [0, 0.1) is 20.8 Å². The number of amides is 1. The minimum absolute atomic E-state index is 0.255. The summed E-state index contributed by atoms with van der Waals surface area (Å²) in [5, 5.41) is 6.72. The Morgan fingerprint density at radius 2 is 1.62 bits per heavy atom. The van der Waals surface area contributed by atoms with Gasteiger partial charge in [0.25, 0.3) is 10.0 Å². The molecule has 29 heavy (non-hydrogen) atoms. The number of hydrogen-bond donors (Lipinski definition) is 2. The first-order chi connectivity index (χ1) is 13.7. The van der Waals surface area contributed by atoms with E-state index in [2.05, 4.69) is 20.1 Å². The predicted octanol–water partition coefficient (Wildman–Crippen LogP) is 3.20. The van der Waals surface area contributed by atoms with Gasteiger partial charge in [0.2, 0.25) is 5.91 Å². The summed E-state index contributed by atoms with van der Waals surface area (Å²) >= 11 is 0. The van der Waals surface area contributed by atoms with Gasteiger partial charge in [0.05, 0.1) is 4.90 Å². The molecule has 0 spiro atoms. The molecule has 152 valence electrons. The van der Waals surface area contributed by atoms with Gasteiger partial charge in [-0.2, -0.15) is 5.10 Å². The normalized spacial score (nSPS) is 12.4. The number of sulfonamides is 1. The largest absolute Gasteiger partial charge is 0.324 e. The standard InChI is InChI=1S/C20H23N5O3S/c1-13-9-14(2)19(15(3)10-13)29(27,28)24-18-7-5-17(6-8-18)23-20(26)16(4)25-12-21-11-22-25/h5-12,16,24H,1-4H3,(H,23,26). The summed E-state index contributed by atoms with van der Waals surface area (Å²) in [7, 11) is -3.73. The van der Waals surface area contributed by atoms with Crippen molar-refractivity contribution in [2.24, 2.45) is 0 Å². The number of benzene rings is 2. The molecule has 0 aliphatic rings. The molecule has 0 bridgehead atoms. The highest BCUT2D eigenvalue weighted by Gasteiger charge is 2.20. The van der Waals surface area contributed by atoms with Gasteiger partial charge in [-0.25, -0.2) is 18.1 Å². The maximum absolute atomic E-state index is 12.8. The topological polar surface area (TPSA) is 106 Å². The van der Waals surface area contributed by atoms with Crippen LogP contribution in [0.15, 0.2) is 53.9 Å². The number of carbonyl (C=O) groups excluding carboxylic acids is 1. The van der Waals surface area contributed by atoms with E-state index < -0.39 is 16.1 Å². The Bertz CT molecular complexity index is 1100. The second-order valence-corrected chi connectivity index (χ2v) is 8.57. The van der Waals surface area contributed by atoms with Crippen LogP contribution in [0.25, 0.3) is 0 Å². The summed E-state index contributed by atoms with van der Waals surface area (Å²) in [5.41, 5.74) is 3.36. The zero-order chi connectivity index (χ0) is 21.2. The zero-order valence-electron chi connectivity index (χ0n) is 16.7. The van der Waals surface area contributed by atoms with Gasteiger partial charge < -0.3 is 5.32 Å². The summed E-state index contributed by atoms with van der Waals surface area (Å²) in [6.45, 7) is 7.20. The molecule has 9 heteroatoms. The van der Waals surface area contributed by atoms with Crippen LogP contribution in [0.4, 0.5) is 11.4 Å². The molecule has 0 saturated carbocycles. The fourth-order valence-corrected chi connectivity index (χ4v) is 4.72. The number of nitrogens with one attached hydrogen (secondary N) is 2. The van der Waals surface area contributed by atoms with Gasteiger partial charge in [-0.05, 0) is 63.1 Å². The molecular formula is C20H23N5O3S. The third-order valence-corrected chi connectivity index (χ3v) is 6.18. The Morgan fingerprint density at radius 1 is 1.03 bits per heavy atom. The summed E-state index contributed by atoms with van der Waals surface area (Å²) in [6.07, 6.45) is 2.83. The van der Waals surface area contributed by atoms with Crippen LogP contribution in [0.3, 0.4) is 0 Å². The van der Waals surface area contributed by atoms with Gasteiger partial charge in [0, 0.05) is 11.4 Å². The van der Waals surface area contributed by atoms with E-state index in [1.165, 1.54) is 17.3 Å². The summed E-state index contributed by atoms with van der Waals surface area (Å²) in [6, 6.07) is 9.64. The lowest BCUT2D eigenvalue weighted by Crippen LogP contribution is -2.24. The monoisotopic (exact) mass is 413 g/mol. The van der Waals surface area contributed by atoms with E-state index in [0.717, 1.165) is 5.56 Å². The van der Waals surface area contributed by atoms with E-state index in [1.54, 1.807) is 45.0 Å². The number of nitrogens with zero attached hydrogens (tertiary/aromatic N) is 3. The van der Waals surface area contributed by atoms with Gasteiger partial charge in [-0.15, -0.1) is 0 Å². The lowest BCUT2D eigenvalue weighted by Gasteiger charge is -2.15. The molecule has 0 aliphatic carbocycles. The highest BCUT2D eigenvalue weighted by atomic mass is 32.2. The fourth-order valence-electron chi connectivity index (χ4n) is 3.20. The van der Waals surface area contributed by atoms with Gasteiger partial charge in [-0.3, -0.25) is 9.52 Å². The third kappa shape index (κ3) is 4.62. The van der Waals surface area contributed by atoms with Gasteiger partial charge in [0.15, 0.2) is 0 Å². The molecule has 0 aliphatic heterocycles. The van der Waals surface area contributed by atoms with E-state index >= 15 is 0 Å². The first-order valence-electron chi connectivity index (χ1n) is 9.03. The molecule has 2 N–H and O–H groups in total. The Hall–Kier alpha value is -3.20. The summed E-state index contributed by atoms with van der Waals surface area (Å²) < 4.78 is 29.7. The van der Waals surface area contributed by atoms with Crippen LogP contribution < -0.4 is 10.0 Å². The number of carbonyl (C=O) groups is 1. The fraction of sp³-hybridized carbons (Fsp3) is 0.250. The number of aryl methyl sites for hydroxylation is 3. The van der Waals surface area contributed by atoms with Crippen molar-refractivity contribution in [3.05, 3.63) is 65.7 Å². The second kappa shape index (κ2) is 8.04. The highest BCUT2D eigenvalue weighted by Crippen LogP contribution is 2.25. The highest BCUT2D eigenvalue weighted by molar-refractivity contribution is 7.92. The predicted molar refractivity (Wildman–Crippen MR) is 111 cm³/mol. The molecule has 3 aromatic rings. The Labute approximate surface area is 170 Å². The molecule has 0 fully saturated rings. The number of aromatic nitrogens is 3. The quantitative estimate of drug-likeness (QED) is 0.645. The second-order valence-electron chi connectivity index (χ2n) is 6.95. The molecule has 1 unspecified atom stereocenters. The maximum atomic E-state index is 12.8. The molecule has 1 amide bonds. The van der Waals surface area contributed by atoms with Crippen molar-refractivity contribution in [2.45, 2.75) is 38.6 Å². The van der Waals surface area contributed by atoms with Crippen molar-refractivity contribution in [3.8, 4) is 0 Å². The smallest absolute Gasteiger partial charge is 0.262 e. The van der Waals surface area contributed by atoms with Gasteiger partial charge in [-0.1, -0.05) is 17.7 Å². The molecular weight excluding hydrogens is 390 g/mol. The Balaban J connectivity index is 1.73. The Kier molecular flexibility index (Phi) is 5.69. The van der Waals surface area contributed by atoms with Crippen molar-refractivity contribution in [2.75, 3.05) is 10.0 Å². The average Bonchev–Trinajstić information content (AvgIpc) is 3.15. The molecule has 3 rings (SSSR count). The van der Waals surface area contributed by atoms with Crippen LogP contribution in [-0.4, -0.2) is 29.1 Å². The van der Waals surface area contributed by atoms with Crippen molar-refractivity contribution >= 4 is 27.3 Å². The average molecular weight is 414 g/mol. The van der Waals surface area contributed by atoms with Gasteiger partial charge >= 0.3 is 0 Å². The lowest BCUT2D eigenvalue weighted by molar-refractivity contribution is -0.119. The number of anilines is 2. The first-order valence-corrected chi connectivity index (χ1v) is 10.5. The molecule has 1 aromatic heterocycles. The van der Waals surface area contributed by atoms with Gasteiger partial charge in [0.1, 0.15) is 18.7 Å². The van der Waals surface area contributed by atoms with Crippen molar-refractivity contribution in [1.82, 2.24) is 14.8 Å². The SMILES string of the molecule is Cc1cc(C)c(S(=O)(=O)Nc2ccc(NC(=O)C(C)n3cncn3)cc2)c(C)c1. The maximum Gasteiger partial charge on any atom is 0.262 e. The minimum atomic E-state index is -3.73. The van der Waals surface area contributed by atoms with E-state index in [0.29, 0.717) is 22.5 Å². The number of rotatable bonds is 6. The first kappa shape index (κ1) is 20.5. The minimum Gasteiger partial charge on any atom is -0.324 e. The molecule has 0 saturated heterocycles. The van der Waals surface area contributed by atoms with Crippen LogP contribution in [-0.2, 0) is 14.8 Å². The van der Waals surface area contributed by atoms with E-state index in [4.69, 9.17) is 0 Å². The lowest BCUT2D eigenvalue weighted by atomic mass is 10.1. The number of hydrogen-bond acceptors (Lipinski definition) is 5.